The monoisotopic (exact) mass is 300 g/mol. The van der Waals surface area contributed by atoms with Gasteiger partial charge in [0.25, 0.3) is 0 Å². The third kappa shape index (κ3) is 3.71. The molecular weight excluding hydrogens is 284 g/mol. The number of hydrogen-bond acceptors (Lipinski definition) is 6. The summed E-state index contributed by atoms with van der Waals surface area (Å²) in [5.41, 5.74) is 0. The Balaban J connectivity index is 1.93. The molecule has 20 heavy (non-hydrogen) atoms. The van der Waals surface area contributed by atoms with E-state index in [1.807, 2.05) is 0 Å². The first-order valence-corrected chi connectivity index (χ1v) is 7.81. The smallest absolute Gasteiger partial charge is 0.358 e. The number of nitrogens with zero attached hydrogens (tertiary/aromatic N) is 2. The SMILES string of the molecule is O=[N+]([O-])c1ccc(S(=O)(=O)NCC[C@H]2CCCN2)cn1. The quantitative estimate of drug-likeness (QED) is 0.581. The van der Waals surface area contributed by atoms with Gasteiger partial charge in [-0.25, -0.2) is 13.1 Å². The second kappa shape index (κ2) is 6.25. The number of nitro groups is 1. The van der Waals surface area contributed by atoms with Crippen molar-refractivity contribution in [3.05, 3.63) is 28.4 Å². The molecule has 0 unspecified atom stereocenters. The maximum Gasteiger partial charge on any atom is 0.363 e. The summed E-state index contributed by atoms with van der Waals surface area (Å²) in [5, 5.41) is 13.7. The van der Waals surface area contributed by atoms with Crippen molar-refractivity contribution in [2.45, 2.75) is 30.2 Å². The standard InChI is InChI=1S/C11H16N4O4S/c16-15(17)11-4-3-10(8-13-11)20(18,19)14-7-5-9-2-1-6-12-9/h3-4,8-9,12,14H,1-2,5-7H2/t9-/m1/s1. The van der Waals surface area contributed by atoms with Gasteiger partial charge in [0.15, 0.2) is 6.20 Å². The van der Waals surface area contributed by atoms with E-state index in [-0.39, 0.29) is 10.7 Å². The molecule has 0 radical (unpaired) electrons. The van der Waals surface area contributed by atoms with Crippen LogP contribution in [-0.4, -0.2) is 37.5 Å². The number of hydrogen-bond donors (Lipinski definition) is 2. The van der Waals surface area contributed by atoms with Gasteiger partial charge in [-0.15, -0.1) is 0 Å². The Kier molecular flexibility index (Phi) is 4.63. The van der Waals surface area contributed by atoms with Crippen molar-refractivity contribution < 1.29 is 13.3 Å². The summed E-state index contributed by atoms with van der Waals surface area (Å²) in [4.78, 5) is 13.2. The Bertz CT molecular complexity index is 567. The van der Waals surface area contributed by atoms with E-state index < -0.39 is 14.9 Å². The molecule has 1 fully saturated rings. The van der Waals surface area contributed by atoms with E-state index in [1.54, 1.807) is 0 Å². The van der Waals surface area contributed by atoms with Gasteiger partial charge in [0, 0.05) is 18.7 Å². The van der Waals surface area contributed by atoms with E-state index in [0.29, 0.717) is 12.6 Å². The van der Waals surface area contributed by atoms with Crippen LogP contribution >= 0.6 is 0 Å². The van der Waals surface area contributed by atoms with Gasteiger partial charge in [-0.1, -0.05) is 0 Å². The van der Waals surface area contributed by atoms with Gasteiger partial charge in [0.05, 0.1) is 0 Å². The lowest BCUT2D eigenvalue weighted by Crippen LogP contribution is -2.30. The minimum absolute atomic E-state index is 0.0671. The fraction of sp³-hybridized carbons (Fsp3) is 0.545. The molecule has 0 aliphatic carbocycles. The molecule has 2 N–H and O–H groups in total. The number of pyridine rings is 1. The first-order valence-electron chi connectivity index (χ1n) is 6.32. The van der Waals surface area contributed by atoms with Crippen LogP contribution in [0.15, 0.2) is 23.2 Å². The van der Waals surface area contributed by atoms with Crippen molar-refractivity contribution in [2.75, 3.05) is 13.1 Å². The average Bonchev–Trinajstić information content (AvgIpc) is 2.92. The molecule has 1 aliphatic rings. The summed E-state index contributed by atoms with van der Waals surface area (Å²) < 4.78 is 26.4. The summed E-state index contributed by atoms with van der Waals surface area (Å²) in [5.74, 6) is -0.376. The Morgan fingerprint density at radius 2 is 2.30 bits per heavy atom. The molecule has 0 aromatic carbocycles. The lowest BCUT2D eigenvalue weighted by Gasteiger charge is -2.10. The lowest BCUT2D eigenvalue weighted by atomic mass is 10.2. The van der Waals surface area contributed by atoms with Gasteiger partial charge < -0.3 is 15.4 Å². The number of aromatic nitrogens is 1. The first-order chi connectivity index (χ1) is 9.49. The molecule has 2 rings (SSSR count). The fourth-order valence-corrected chi connectivity index (χ4v) is 3.09. The zero-order valence-corrected chi connectivity index (χ0v) is 11.6. The van der Waals surface area contributed by atoms with Crippen molar-refractivity contribution in [3.63, 3.8) is 0 Å². The largest absolute Gasteiger partial charge is 0.363 e. The van der Waals surface area contributed by atoms with Gasteiger partial charge in [-0.2, -0.15) is 0 Å². The van der Waals surface area contributed by atoms with Crippen molar-refractivity contribution in [1.29, 1.82) is 0 Å². The molecule has 0 saturated carbocycles. The molecule has 8 nitrogen and oxygen atoms in total. The predicted molar refractivity (Wildman–Crippen MR) is 71.7 cm³/mol. The summed E-state index contributed by atoms with van der Waals surface area (Å²) in [6.45, 7) is 1.31. The number of nitrogens with one attached hydrogen (secondary N) is 2. The fourth-order valence-electron chi connectivity index (χ4n) is 2.09. The highest BCUT2D eigenvalue weighted by Gasteiger charge is 2.19. The zero-order chi connectivity index (χ0) is 14.6. The third-order valence-electron chi connectivity index (χ3n) is 3.17. The molecule has 0 spiro atoms. The van der Waals surface area contributed by atoms with Crippen LogP contribution in [0.2, 0.25) is 0 Å². The summed E-state index contributed by atoms with van der Waals surface area (Å²) in [6, 6.07) is 2.61. The Morgan fingerprint density at radius 3 is 2.85 bits per heavy atom. The van der Waals surface area contributed by atoms with Crippen LogP contribution in [0.5, 0.6) is 0 Å². The van der Waals surface area contributed by atoms with E-state index in [9.17, 15) is 18.5 Å². The van der Waals surface area contributed by atoms with Crippen molar-refractivity contribution >= 4 is 15.8 Å². The molecule has 1 aliphatic heterocycles. The zero-order valence-electron chi connectivity index (χ0n) is 10.8. The first kappa shape index (κ1) is 14.8. The van der Waals surface area contributed by atoms with E-state index in [0.717, 1.165) is 38.1 Å². The molecule has 1 aromatic rings. The van der Waals surface area contributed by atoms with Crippen LogP contribution in [0, 0.1) is 10.1 Å². The minimum atomic E-state index is -3.66. The molecule has 110 valence electrons. The van der Waals surface area contributed by atoms with Crippen LogP contribution in [0.1, 0.15) is 19.3 Å². The molecule has 1 atom stereocenters. The molecule has 0 amide bonds. The maximum absolute atomic E-state index is 11.9. The minimum Gasteiger partial charge on any atom is -0.358 e. The van der Waals surface area contributed by atoms with Crippen LogP contribution in [-0.2, 0) is 10.0 Å². The van der Waals surface area contributed by atoms with Crippen molar-refractivity contribution in [1.82, 2.24) is 15.0 Å². The van der Waals surface area contributed by atoms with Gasteiger partial charge in [0.2, 0.25) is 10.0 Å². The Morgan fingerprint density at radius 1 is 1.50 bits per heavy atom. The number of rotatable bonds is 6. The molecule has 2 heterocycles. The molecule has 1 aromatic heterocycles. The average molecular weight is 300 g/mol. The number of sulfonamides is 1. The summed E-state index contributed by atoms with van der Waals surface area (Å²) in [6.07, 6.45) is 3.89. The molecule has 1 saturated heterocycles. The van der Waals surface area contributed by atoms with Crippen LogP contribution in [0.3, 0.4) is 0 Å². The predicted octanol–water partition coefficient (Wildman–Crippen LogP) is 0.410. The maximum atomic E-state index is 11.9. The molecule has 9 heteroatoms. The van der Waals surface area contributed by atoms with Gasteiger partial charge in [-0.3, -0.25) is 0 Å². The van der Waals surface area contributed by atoms with Crippen molar-refractivity contribution in [3.8, 4) is 0 Å². The highest BCUT2D eigenvalue weighted by Crippen LogP contribution is 2.13. The topological polar surface area (TPSA) is 114 Å². The highest BCUT2D eigenvalue weighted by molar-refractivity contribution is 7.89. The molecular formula is C11H16N4O4S. The van der Waals surface area contributed by atoms with E-state index >= 15 is 0 Å². The normalized spacial score (nSPS) is 19.1. The van der Waals surface area contributed by atoms with Crippen LogP contribution in [0.4, 0.5) is 5.82 Å². The van der Waals surface area contributed by atoms with Gasteiger partial charge >= 0.3 is 5.82 Å². The highest BCUT2D eigenvalue weighted by atomic mass is 32.2. The summed E-state index contributed by atoms with van der Waals surface area (Å²) >= 11 is 0. The molecule has 0 bridgehead atoms. The lowest BCUT2D eigenvalue weighted by molar-refractivity contribution is -0.389. The van der Waals surface area contributed by atoms with Crippen molar-refractivity contribution in [2.24, 2.45) is 0 Å². The van der Waals surface area contributed by atoms with E-state index in [2.05, 4.69) is 15.0 Å². The van der Waals surface area contributed by atoms with E-state index in [1.165, 1.54) is 6.07 Å². The Hall–Kier alpha value is -1.58. The second-order valence-corrected chi connectivity index (χ2v) is 6.36. The van der Waals surface area contributed by atoms with Gasteiger partial charge in [-0.05, 0) is 41.8 Å². The van der Waals surface area contributed by atoms with Gasteiger partial charge in [0.1, 0.15) is 4.90 Å². The Labute approximate surface area is 116 Å². The van der Waals surface area contributed by atoms with Crippen LogP contribution in [0.25, 0.3) is 0 Å². The second-order valence-electron chi connectivity index (χ2n) is 4.59. The summed E-state index contributed by atoms with van der Waals surface area (Å²) in [7, 11) is -3.66. The van der Waals surface area contributed by atoms with Crippen LogP contribution < -0.4 is 10.0 Å². The third-order valence-corrected chi connectivity index (χ3v) is 4.61. The van der Waals surface area contributed by atoms with E-state index in [4.69, 9.17) is 0 Å².